The Morgan fingerprint density at radius 1 is 1.18 bits per heavy atom. The Kier molecular flexibility index (Phi) is 3.79. The van der Waals surface area contributed by atoms with E-state index < -0.39 is 0 Å². The van der Waals surface area contributed by atoms with Gasteiger partial charge in [0.25, 0.3) is 5.91 Å². The molecule has 1 aliphatic carbocycles. The third-order valence-electron chi connectivity index (χ3n) is 5.14. The summed E-state index contributed by atoms with van der Waals surface area (Å²) in [5.41, 5.74) is 5.90. The molecule has 0 unspecified atom stereocenters. The number of nitrogens with zero attached hydrogens (tertiary/aromatic N) is 3. The van der Waals surface area contributed by atoms with Gasteiger partial charge in [0, 0.05) is 35.6 Å². The molecule has 0 spiro atoms. The molecule has 0 bridgehead atoms. The van der Waals surface area contributed by atoms with Gasteiger partial charge in [-0.1, -0.05) is 17.3 Å². The summed E-state index contributed by atoms with van der Waals surface area (Å²) in [4.78, 5) is 17.3. The van der Waals surface area contributed by atoms with Crippen LogP contribution < -0.4 is 5.32 Å². The average Bonchev–Trinajstić information content (AvgIpc) is 3.25. The summed E-state index contributed by atoms with van der Waals surface area (Å²) in [7, 11) is 0. The molecule has 1 N–H and O–H groups in total. The van der Waals surface area contributed by atoms with Crippen LogP contribution in [0.25, 0.3) is 16.9 Å². The minimum atomic E-state index is -0.262. The lowest BCUT2D eigenvalue weighted by Crippen LogP contribution is -2.13. The van der Waals surface area contributed by atoms with Gasteiger partial charge in [-0.25, -0.2) is 4.98 Å². The van der Waals surface area contributed by atoms with E-state index in [1.54, 1.807) is 6.07 Å². The van der Waals surface area contributed by atoms with Crippen LogP contribution in [0.5, 0.6) is 0 Å². The molecule has 6 heteroatoms. The Labute approximate surface area is 162 Å². The molecule has 1 amide bonds. The molecular formula is C22H20N4O2. The third-order valence-corrected chi connectivity index (χ3v) is 5.14. The molecule has 1 fully saturated rings. The molecule has 5 rings (SSSR count). The summed E-state index contributed by atoms with van der Waals surface area (Å²) in [6, 6.07) is 11.8. The number of hydrogen-bond acceptors (Lipinski definition) is 4. The van der Waals surface area contributed by atoms with Gasteiger partial charge in [0.1, 0.15) is 11.4 Å². The quantitative estimate of drug-likeness (QED) is 0.562. The third kappa shape index (κ3) is 3.07. The van der Waals surface area contributed by atoms with Crippen molar-refractivity contribution in [3.8, 4) is 11.3 Å². The molecule has 1 saturated carbocycles. The number of aromatic nitrogens is 3. The fourth-order valence-corrected chi connectivity index (χ4v) is 3.28. The van der Waals surface area contributed by atoms with Crippen LogP contribution in [0.2, 0.25) is 0 Å². The second-order valence-electron chi connectivity index (χ2n) is 7.47. The molecule has 0 aliphatic heterocycles. The number of imidazole rings is 1. The molecule has 0 atom stereocenters. The first-order chi connectivity index (χ1) is 13.6. The lowest BCUT2D eigenvalue weighted by Gasteiger charge is -2.08. The number of pyridine rings is 1. The highest BCUT2D eigenvalue weighted by Crippen LogP contribution is 2.40. The molecule has 0 radical (unpaired) electrons. The topological polar surface area (TPSA) is 72.4 Å². The number of aryl methyl sites for hydroxylation is 2. The maximum atomic E-state index is 12.6. The highest BCUT2D eigenvalue weighted by Gasteiger charge is 2.29. The van der Waals surface area contributed by atoms with Crippen LogP contribution in [0, 0.1) is 13.8 Å². The van der Waals surface area contributed by atoms with Crippen LogP contribution >= 0.6 is 0 Å². The summed E-state index contributed by atoms with van der Waals surface area (Å²) in [6.07, 6.45) is 6.20. The van der Waals surface area contributed by atoms with Crippen LogP contribution in [-0.4, -0.2) is 20.4 Å². The van der Waals surface area contributed by atoms with Gasteiger partial charge >= 0.3 is 0 Å². The van der Waals surface area contributed by atoms with Gasteiger partial charge < -0.3 is 14.2 Å². The Bertz CT molecular complexity index is 1200. The monoisotopic (exact) mass is 372 g/mol. The predicted molar refractivity (Wildman–Crippen MR) is 107 cm³/mol. The van der Waals surface area contributed by atoms with Crippen molar-refractivity contribution in [1.82, 2.24) is 14.5 Å². The van der Waals surface area contributed by atoms with E-state index in [0.29, 0.717) is 11.6 Å². The number of rotatable bonds is 4. The maximum absolute atomic E-state index is 12.6. The van der Waals surface area contributed by atoms with Crippen molar-refractivity contribution in [2.24, 2.45) is 0 Å². The van der Waals surface area contributed by atoms with Gasteiger partial charge in [-0.15, -0.1) is 0 Å². The molecule has 0 saturated heterocycles. The zero-order valence-electron chi connectivity index (χ0n) is 15.8. The zero-order valence-corrected chi connectivity index (χ0v) is 15.8. The number of nitrogens with one attached hydrogen (secondary N) is 1. The smallest absolute Gasteiger partial charge is 0.277 e. The van der Waals surface area contributed by atoms with E-state index in [9.17, 15) is 4.79 Å². The number of amides is 1. The first-order valence-corrected chi connectivity index (χ1v) is 9.41. The van der Waals surface area contributed by atoms with E-state index in [1.165, 1.54) is 5.56 Å². The molecule has 4 aromatic rings. The van der Waals surface area contributed by atoms with E-state index in [-0.39, 0.29) is 5.91 Å². The molecule has 1 aliphatic rings. The largest absolute Gasteiger partial charge is 0.360 e. The summed E-state index contributed by atoms with van der Waals surface area (Å²) in [5.74, 6) is 0.968. The maximum Gasteiger partial charge on any atom is 0.277 e. The molecule has 28 heavy (non-hydrogen) atoms. The van der Waals surface area contributed by atoms with Gasteiger partial charge in [0.05, 0.1) is 5.69 Å². The van der Waals surface area contributed by atoms with Crippen molar-refractivity contribution in [3.05, 3.63) is 71.4 Å². The standard InChI is InChI=1S/C22H20N4O2/c1-13-7-8-26-12-19(23-21(26)9-13)16-4-3-14(2)17(10-16)24-22(27)18-11-20(28-25-18)15-5-6-15/h3-4,7-12,15H,5-6H2,1-2H3,(H,24,27). The molecule has 3 aromatic heterocycles. The Balaban J connectivity index is 1.43. The van der Waals surface area contributed by atoms with Crippen molar-refractivity contribution in [2.75, 3.05) is 5.32 Å². The van der Waals surface area contributed by atoms with Crippen LogP contribution in [0.1, 0.15) is 46.1 Å². The summed E-state index contributed by atoms with van der Waals surface area (Å²) in [5, 5.41) is 6.87. The number of hydrogen-bond donors (Lipinski definition) is 1. The fraction of sp³-hybridized carbons (Fsp3) is 0.227. The number of carbonyl (C=O) groups excluding carboxylic acids is 1. The average molecular weight is 372 g/mol. The highest BCUT2D eigenvalue weighted by molar-refractivity contribution is 6.03. The minimum Gasteiger partial charge on any atom is -0.360 e. The van der Waals surface area contributed by atoms with Crippen LogP contribution in [0.3, 0.4) is 0 Å². The Morgan fingerprint density at radius 2 is 2.04 bits per heavy atom. The number of carbonyl (C=O) groups is 1. The van der Waals surface area contributed by atoms with Gasteiger partial charge in [-0.05, 0) is 56.0 Å². The normalized spacial score (nSPS) is 13.8. The van der Waals surface area contributed by atoms with Crippen LogP contribution in [0.15, 0.2) is 53.3 Å². The SMILES string of the molecule is Cc1ccn2cc(-c3ccc(C)c(NC(=O)c4cc(C5CC5)on4)c3)nc2c1. The second-order valence-corrected chi connectivity index (χ2v) is 7.47. The molecule has 1 aromatic carbocycles. The van der Waals surface area contributed by atoms with Crippen molar-refractivity contribution in [2.45, 2.75) is 32.6 Å². The number of benzene rings is 1. The first-order valence-electron chi connectivity index (χ1n) is 9.41. The lowest BCUT2D eigenvalue weighted by molar-refractivity contribution is 0.101. The molecule has 140 valence electrons. The van der Waals surface area contributed by atoms with E-state index in [1.807, 2.05) is 61.0 Å². The van der Waals surface area contributed by atoms with E-state index >= 15 is 0 Å². The van der Waals surface area contributed by atoms with Crippen molar-refractivity contribution in [3.63, 3.8) is 0 Å². The molecular weight excluding hydrogens is 352 g/mol. The molecule has 6 nitrogen and oxygen atoms in total. The van der Waals surface area contributed by atoms with Gasteiger partial charge in [-0.2, -0.15) is 0 Å². The number of fused-ring (bicyclic) bond motifs is 1. The first kappa shape index (κ1) is 16.7. The predicted octanol–water partition coefficient (Wildman–Crippen LogP) is 4.74. The van der Waals surface area contributed by atoms with Gasteiger partial charge in [0.2, 0.25) is 0 Å². The van der Waals surface area contributed by atoms with Crippen LogP contribution in [-0.2, 0) is 0 Å². The van der Waals surface area contributed by atoms with E-state index in [0.717, 1.165) is 46.8 Å². The lowest BCUT2D eigenvalue weighted by atomic mass is 10.1. The Morgan fingerprint density at radius 3 is 2.86 bits per heavy atom. The Hall–Kier alpha value is -3.41. The second kappa shape index (κ2) is 6.34. The summed E-state index contributed by atoms with van der Waals surface area (Å²) in [6.45, 7) is 4.01. The van der Waals surface area contributed by atoms with Crippen molar-refractivity contribution in [1.29, 1.82) is 0 Å². The summed E-state index contributed by atoms with van der Waals surface area (Å²) >= 11 is 0. The zero-order chi connectivity index (χ0) is 19.3. The summed E-state index contributed by atoms with van der Waals surface area (Å²) < 4.78 is 7.29. The van der Waals surface area contributed by atoms with Crippen LogP contribution in [0.4, 0.5) is 5.69 Å². The van der Waals surface area contributed by atoms with E-state index in [2.05, 4.69) is 10.5 Å². The van der Waals surface area contributed by atoms with E-state index in [4.69, 9.17) is 9.51 Å². The highest BCUT2D eigenvalue weighted by atomic mass is 16.5. The van der Waals surface area contributed by atoms with Crippen molar-refractivity contribution < 1.29 is 9.32 Å². The van der Waals surface area contributed by atoms with Crippen molar-refractivity contribution >= 4 is 17.2 Å². The molecule has 3 heterocycles. The minimum absolute atomic E-state index is 0.262. The van der Waals surface area contributed by atoms with Gasteiger partial charge in [0.15, 0.2) is 5.69 Å². The fourth-order valence-electron chi connectivity index (χ4n) is 3.28. The van der Waals surface area contributed by atoms with Gasteiger partial charge in [-0.3, -0.25) is 4.79 Å². The number of anilines is 1.